The predicted octanol–water partition coefficient (Wildman–Crippen LogP) is 6.29. The lowest BCUT2D eigenvalue weighted by Crippen LogP contribution is -1.84. The molecule has 0 atom stereocenters. The normalized spacial score (nSPS) is 11.2. The van der Waals surface area contributed by atoms with E-state index < -0.39 is 0 Å². The minimum atomic E-state index is 0.771. The maximum atomic E-state index is 5.91. The van der Waals surface area contributed by atoms with Crippen molar-refractivity contribution in [2.24, 2.45) is 0 Å². The van der Waals surface area contributed by atoms with Gasteiger partial charge in [-0.25, -0.2) is 0 Å². The number of hydrogen-bond donors (Lipinski definition) is 1. The van der Waals surface area contributed by atoms with Crippen LogP contribution in [0.25, 0.3) is 23.1 Å². The van der Waals surface area contributed by atoms with Crippen LogP contribution in [0.3, 0.4) is 0 Å². The molecule has 3 aromatic carbocycles. The molecule has 25 heavy (non-hydrogen) atoms. The van der Waals surface area contributed by atoms with Crippen molar-refractivity contribution in [1.29, 1.82) is 0 Å². The van der Waals surface area contributed by atoms with E-state index in [1.807, 2.05) is 66.7 Å². The average molecular weight is 391 g/mol. The van der Waals surface area contributed by atoms with Gasteiger partial charge in [0.05, 0.1) is 11.2 Å². The molecule has 3 nitrogen and oxygen atoms in total. The van der Waals surface area contributed by atoms with E-state index >= 15 is 0 Å². The molecule has 1 heterocycles. The summed E-state index contributed by atoms with van der Waals surface area (Å²) in [7, 11) is 0. The van der Waals surface area contributed by atoms with E-state index in [1.54, 1.807) is 0 Å². The number of rotatable bonds is 4. The Balaban J connectivity index is 1.59. The first-order valence-corrected chi connectivity index (χ1v) is 8.72. The summed E-state index contributed by atoms with van der Waals surface area (Å²) in [5, 5.41) is 8.53. The first kappa shape index (κ1) is 15.7. The van der Waals surface area contributed by atoms with Crippen molar-refractivity contribution in [2.45, 2.75) is 0 Å². The van der Waals surface area contributed by atoms with Crippen LogP contribution in [0.5, 0.6) is 11.5 Å². The van der Waals surface area contributed by atoms with Crippen LogP contribution in [0, 0.1) is 0 Å². The third kappa shape index (κ3) is 3.64. The van der Waals surface area contributed by atoms with Gasteiger partial charge in [-0.3, -0.25) is 5.10 Å². The van der Waals surface area contributed by atoms with Gasteiger partial charge in [0.1, 0.15) is 11.5 Å². The molecule has 0 fully saturated rings. The Morgan fingerprint density at radius 2 is 1.68 bits per heavy atom. The largest absolute Gasteiger partial charge is 0.457 e. The molecule has 0 amide bonds. The topological polar surface area (TPSA) is 37.9 Å². The molecule has 1 N–H and O–H groups in total. The molecular formula is C21H15BrN2O. The van der Waals surface area contributed by atoms with Crippen molar-refractivity contribution in [1.82, 2.24) is 10.2 Å². The van der Waals surface area contributed by atoms with E-state index in [1.165, 1.54) is 0 Å². The summed E-state index contributed by atoms with van der Waals surface area (Å²) in [5.41, 5.74) is 3.00. The summed E-state index contributed by atoms with van der Waals surface area (Å²) in [6.45, 7) is 0. The minimum absolute atomic E-state index is 0.771. The van der Waals surface area contributed by atoms with E-state index in [0.717, 1.165) is 38.1 Å². The number of nitrogens with one attached hydrogen (secondary N) is 1. The number of H-pyrrole nitrogens is 1. The van der Waals surface area contributed by atoms with E-state index in [4.69, 9.17) is 4.74 Å². The number of halogens is 1. The second kappa shape index (κ2) is 6.95. The van der Waals surface area contributed by atoms with Crippen LogP contribution in [-0.2, 0) is 0 Å². The van der Waals surface area contributed by atoms with E-state index in [2.05, 4.69) is 44.3 Å². The van der Waals surface area contributed by atoms with Crippen LogP contribution in [0.4, 0.5) is 0 Å². The maximum absolute atomic E-state index is 5.91. The molecule has 4 rings (SSSR count). The summed E-state index contributed by atoms with van der Waals surface area (Å²) in [6, 6.07) is 23.9. The molecule has 0 saturated heterocycles. The zero-order valence-corrected chi connectivity index (χ0v) is 14.9. The van der Waals surface area contributed by atoms with Crippen molar-refractivity contribution < 1.29 is 4.74 Å². The highest BCUT2D eigenvalue weighted by molar-refractivity contribution is 9.10. The third-order valence-corrected chi connectivity index (χ3v) is 4.32. The molecule has 0 aliphatic heterocycles. The lowest BCUT2D eigenvalue weighted by Gasteiger charge is -2.05. The highest BCUT2D eigenvalue weighted by Crippen LogP contribution is 2.28. The second-order valence-corrected chi connectivity index (χ2v) is 6.54. The first-order chi connectivity index (χ1) is 12.3. The average Bonchev–Trinajstić information content (AvgIpc) is 3.03. The van der Waals surface area contributed by atoms with Gasteiger partial charge in [0.15, 0.2) is 0 Å². The molecule has 0 aliphatic carbocycles. The van der Waals surface area contributed by atoms with Crippen molar-refractivity contribution in [3.05, 3.63) is 88.5 Å². The molecule has 4 heteroatoms. The Hall–Kier alpha value is -2.85. The Kier molecular flexibility index (Phi) is 4.36. The maximum Gasteiger partial charge on any atom is 0.129 e. The molecule has 0 bridgehead atoms. The minimum Gasteiger partial charge on any atom is -0.457 e. The number of aromatic amines is 1. The van der Waals surface area contributed by atoms with Crippen molar-refractivity contribution in [2.75, 3.05) is 0 Å². The van der Waals surface area contributed by atoms with Crippen LogP contribution >= 0.6 is 15.9 Å². The number of hydrogen-bond acceptors (Lipinski definition) is 2. The SMILES string of the molecule is Brc1cccc(Oc2ccc3c(/C=C/c4ccccc4)n[nH]c3c2)c1. The number of fused-ring (bicyclic) bond motifs is 1. The second-order valence-electron chi connectivity index (χ2n) is 5.62. The molecule has 1 aromatic heterocycles. The molecule has 0 aliphatic rings. The van der Waals surface area contributed by atoms with Crippen LogP contribution in [0.1, 0.15) is 11.3 Å². The number of ether oxygens (including phenoxy) is 1. The Labute approximate surface area is 154 Å². The van der Waals surface area contributed by atoms with E-state index in [9.17, 15) is 0 Å². The lowest BCUT2D eigenvalue weighted by molar-refractivity contribution is 0.483. The zero-order chi connectivity index (χ0) is 17.1. The monoisotopic (exact) mass is 390 g/mol. The summed E-state index contributed by atoms with van der Waals surface area (Å²) in [5.74, 6) is 1.56. The predicted molar refractivity (Wildman–Crippen MR) is 106 cm³/mol. The first-order valence-electron chi connectivity index (χ1n) is 7.93. The molecule has 0 saturated carbocycles. The van der Waals surface area contributed by atoms with Gasteiger partial charge in [-0.2, -0.15) is 5.10 Å². The van der Waals surface area contributed by atoms with Gasteiger partial charge in [0.25, 0.3) is 0 Å². The fourth-order valence-electron chi connectivity index (χ4n) is 2.62. The van der Waals surface area contributed by atoms with Gasteiger partial charge in [-0.15, -0.1) is 0 Å². The quantitative estimate of drug-likeness (QED) is 0.444. The van der Waals surface area contributed by atoms with Crippen LogP contribution < -0.4 is 4.74 Å². The van der Waals surface area contributed by atoms with Crippen LogP contribution in [-0.4, -0.2) is 10.2 Å². The Morgan fingerprint density at radius 1 is 0.840 bits per heavy atom. The van der Waals surface area contributed by atoms with Crippen LogP contribution in [0.15, 0.2) is 77.3 Å². The van der Waals surface area contributed by atoms with Crippen molar-refractivity contribution in [3.63, 3.8) is 0 Å². The molecule has 4 aromatic rings. The van der Waals surface area contributed by atoms with Gasteiger partial charge in [-0.1, -0.05) is 58.4 Å². The number of aromatic nitrogens is 2. The van der Waals surface area contributed by atoms with Gasteiger partial charge in [-0.05, 0) is 42.0 Å². The molecule has 0 unspecified atom stereocenters. The van der Waals surface area contributed by atoms with Crippen LogP contribution in [0.2, 0.25) is 0 Å². The van der Waals surface area contributed by atoms with Gasteiger partial charge in [0, 0.05) is 15.9 Å². The van der Waals surface area contributed by atoms with Gasteiger partial charge in [0.2, 0.25) is 0 Å². The highest BCUT2D eigenvalue weighted by Gasteiger charge is 2.05. The van der Waals surface area contributed by atoms with Gasteiger partial charge < -0.3 is 4.74 Å². The standard InChI is InChI=1S/C21H15BrN2O/c22-16-7-4-8-17(13-16)25-18-10-11-19-20(23-24-21(19)14-18)12-9-15-5-2-1-3-6-15/h1-14H,(H,23,24)/b12-9+. The fourth-order valence-corrected chi connectivity index (χ4v) is 2.99. The molecule has 122 valence electrons. The Bertz CT molecular complexity index is 1040. The number of benzene rings is 3. The summed E-state index contributed by atoms with van der Waals surface area (Å²) in [4.78, 5) is 0. The van der Waals surface area contributed by atoms with Gasteiger partial charge >= 0.3 is 0 Å². The number of nitrogens with zero attached hydrogens (tertiary/aromatic N) is 1. The summed E-state index contributed by atoms with van der Waals surface area (Å²) >= 11 is 3.45. The Morgan fingerprint density at radius 3 is 2.52 bits per heavy atom. The third-order valence-electron chi connectivity index (χ3n) is 3.83. The summed E-state index contributed by atoms with van der Waals surface area (Å²) in [6.07, 6.45) is 4.07. The lowest BCUT2D eigenvalue weighted by atomic mass is 10.1. The molecule has 0 spiro atoms. The molecule has 0 radical (unpaired) electrons. The smallest absolute Gasteiger partial charge is 0.129 e. The van der Waals surface area contributed by atoms with Crippen molar-refractivity contribution in [3.8, 4) is 11.5 Å². The molecular weight excluding hydrogens is 376 g/mol. The van der Waals surface area contributed by atoms with E-state index in [-0.39, 0.29) is 0 Å². The fraction of sp³-hybridized carbons (Fsp3) is 0. The highest BCUT2D eigenvalue weighted by atomic mass is 79.9. The summed E-state index contributed by atoms with van der Waals surface area (Å²) < 4.78 is 6.90. The zero-order valence-electron chi connectivity index (χ0n) is 13.3. The van der Waals surface area contributed by atoms with Crippen molar-refractivity contribution >= 4 is 39.0 Å². The van der Waals surface area contributed by atoms with E-state index in [0.29, 0.717) is 0 Å².